The number of hydrogen-bond acceptors (Lipinski definition) is 3. The Kier molecular flexibility index (Phi) is 5.91. The van der Waals surface area contributed by atoms with Crippen LogP contribution in [-0.2, 0) is 4.79 Å². The van der Waals surface area contributed by atoms with Gasteiger partial charge in [0.25, 0.3) is 0 Å². The van der Waals surface area contributed by atoms with Crippen molar-refractivity contribution in [3.05, 3.63) is 0 Å². The standard InChI is InChI=1S/C10H21NO2/c1-8(2)5-9(12)6-10(13)7-11(3)4/h8,10,13H,5-7H2,1-4H3. The van der Waals surface area contributed by atoms with E-state index in [1.165, 1.54) is 0 Å². The molecule has 0 heterocycles. The molecule has 0 aromatic carbocycles. The number of carbonyl (C=O) groups is 1. The summed E-state index contributed by atoms with van der Waals surface area (Å²) >= 11 is 0. The lowest BCUT2D eigenvalue weighted by Gasteiger charge is -2.15. The lowest BCUT2D eigenvalue weighted by Crippen LogP contribution is -2.28. The van der Waals surface area contributed by atoms with Crippen molar-refractivity contribution < 1.29 is 9.90 Å². The van der Waals surface area contributed by atoms with Crippen LogP contribution in [0.1, 0.15) is 26.7 Å². The lowest BCUT2D eigenvalue weighted by atomic mass is 10.0. The molecule has 0 aliphatic carbocycles. The first-order valence-electron chi connectivity index (χ1n) is 4.76. The van der Waals surface area contributed by atoms with Gasteiger partial charge >= 0.3 is 0 Å². The fraction of sp³-hybridized carbons (Fsp3) is 0.900. The Morgan fingerprint density at radius 2 is 1.85 bits per heavy atom. The van der Waals surface area contributed by atoms with Crippen molar-refractivity contribution in [1.82, 2.24) is 4.90 Å². The van der Waals surface area contributed by atoms with Crippen molar-refractivity contribution in [1.29, 1.82) is 0 Å². The summed E-state index contributed by atoms with van der Waals surface area (Å²) in [5.74, 6) is 0.545. The molecule has 0 bridgehead atoms. The summed E-state index contributed by atoms with van der Waals surface area (Å²) in [7, 11) is 3.77. The highest BCUT2D eigenvalue weighted by Crippen LogP contribution is 2.05. The van der Waals surface area contributed by atoms with Crippen LogP contribution >= 0.6 is 0 Å². The average Bonchev–Trinajstić information content (AvgIpc) is 1.80. The van der Waals surface area contributed by atoms with E-state index in [0.717, 1.165) is 0 Å². The Labute approximate surface area is 80.7 Å². The van der Waals surface area contributed by atoms with Crippen molar-refractivity contribution in [3.63, 3.8) is 0 Å². The molecule has 0 aliphatic heterocycles. The predicted molar refractivity (Wildman–Crippen MR) is 53.6 cm³/mol. The largest absolute Gasteiger partial charge is 0.391 e. The van der Waals surface area contributed by atoms with Crippen molar-refractivity contribution in [2.75, 3.05) is 20.6 Å². The quantitative estimate of drug-likeness (QED) is 0.672. The van der Waals surface area contributed by atoms with Gasteiger partial charge in [-0.05, 0) is 20.0 Å². The lowest BCUT2D eigenvalue weighted by molar-refractivity contribution is -0.121. The molecule has 1 unspecified atom stereocenters. The van der Waals surface area contributed by atoms with Crippen LogP contribution in [0.15, 0.2) is 0 Å². The highest BCUT2D eigenvalue weighted by molar-refractivity contribution is 5.79. The minimum Gasteiger partial charge on any atom is -0.391 e. The van der Waals surface area contributed by atoms with E-state index in [0.29, 0.717) is 18.9 Å². The monoisotopic (exact) mass is 187 g/mol. The Bertz CT molecular complexity index is 155. The molecule has 0 saturated heterocycles. The fourth-order valence-corrected chi connectivity index (χ4v) is 1.29. The van der Waals surface area contributed by atoms with Crippen molar-refractivity contribution >= 4 is 5.78 Å². The SMILES string of the molecule is CC(C)CC(=O)CC(O)CN(C)C. The van der Waals surface area contributed by atoms with Crippen LogP contribution in [0, 0.1) is 5.92 Å². The Morgan fingerprint density at radius 3 is 2.23 bits per heavy atom. The molecule has 0 amide bonds. The van der Waals surface area contributed by atoms with Crippen LogP contribution in [0.25, 0.3) is 0 Å². The number of likely N-dealkylation sites (N-methyl/N-ethyl adjacent to an activating group) is 1. The van der Waals surface area contributed by atoms with E-state index in [9.17, 15) is 9.90 Å². The van der Waals surface area contributed by atoms with Gasteiger partial charge in [0.2, 0.25) is 0 Å². The molecule has 3 nitrogen and oxygen atoms in total. The van der Waals surface area contributed by atoms with E-state index in [2.05, 4.69) is 0 Å². The van der Waals surface area contributed by atoms with Crippen LogP contribution in [0.3, 0.4) is 0 Å². The molecule has 1 atom stereocenters. The number of aliphatic hydroxyl groups excluding tert-OH is 1. The maximum absolute atomic E-state index is 11.3. The second kappa shape index (κ2) is 6.11. The molecular weight excluding hydrogens is 166 g/mol. The van der Waals surface area contributed by atoms with Gasteiger partial charge in [0.1, 0.15) is 5.78 Å². The molecule has 0 rings (SSSR count). The molecular formula is C10H21NO2. The zero-order chi connectivity index (χ0) is 10.4. The molecule has 0 aliphatic rings. The number of rotatable bonds is 6. The smallest absolute Gasteiger partial charge is 0.135 e. The summed E-state index contributed by atoms with van der Waals surface area (Å²) in [5, 5.41) is 9.44. The second-order valence-electron chi connectivity index (χ2n) is 4.26. The number of aliphatic hydroxyl groups is 1. The molecule has 0 aromatic rings. The number of hydrogen-bond donors (Lipinski definition) is 1. The van der Waals surface area contributed by atoms with Gasteiger partial charge in [-0.3, -0.25) is 4.79 Å². The van der Waals surface area contributed by atoms with Gasteiger partial charge in [-0.25, -0.2) is 0 Å². The second-order valence-corrected chi connectivity index (χ2v) is 4.26. The predicted octanol–water partition coefficient (Wildman–Crippen LogP) is 0.914. The molecule has 1 N–H and O–H groups in total. The topological polar surface area (TPSA) is 40.5 Å². The first-order valence-corrected chi connectivity index (χ1v) is 4.76. The van der Waals surface area contributed by atoms with Gasteiger partial charge < -0.3 is 10.0 Å². The first-order chi connectivity index (χ1) is 5.91. The van der Waals surface area contributed by atoms with Gasteiger partial charge in [0.05, 0.1) is 6.10 Å². The van der Waals surface area contributed by atoms with Gasteiger partial charge in [-0.1, -0.05) is 13.8 Å². The van der Waals surface area contributed by atoms with E-state index in [-0.39, 0.29) is 12.2 Å². The number of carbonyl (C=O) groups excluding carboxylic acids is 1. The zero-order valence-corrected chi connectivity index (χ0v) is 9.08. The minimum absolute atomic E-state index is 0.157. The van der Waals surface area contributed by atoms with Crippen LogP contribution < -0.4 is 0 Å². The molecule has 0 radical (unpaired) electrons. The molecule has 0 aromatic heterocycles. The molecule has 3 heteroatoms. The molecule has 0 saturated carbocycles. The summed E-state index contributed by atoms with van der Waals surface area (Å²) in [6, 6.07) is 0. The summed E-state index contributed by atoms with van der Waals surface area (Å²) < 4.78 is 0. The molecule has 0 fully saturated rings. The first kappa shape index (κ1) is 12.6. The summed E-state index contributed by atoms with van der Waals surface area (Å²) in [6.07, 6.45) is 0.349. The Morgan fingerprint density at radius 1 is 1.31 bits per heavy atom. The zero-order valence-electron chi connectivity index (χ0n) is 9.08. The van der Waals surface area contributed by atoms with E-state index >= 15 is 0 Å². The van der Waals surface area contributed by atoms with Crippen molar-refractivity contribution in [3.8, 4) is 0 Å². The van der Waals surface area contributed by atoms with Gasteiger partial charge in [0.15, 0.2) is 0 Å². The van der Waals surface area contributed by atoms with E-state index in [1.807, 2.05) is 32.8 Å². The Hall–Kier alpha value is -0.410. The van der Waals surface area contributed by atoms with Crippen LogP contribution in [-0.4, -0.2) is 42.5 Å². The van der Waals surface area contributed by atoms with Gasteiger partial charge in [-0.15, -0.1) is 0 Å². The molecule has 13 heavy (non-hydrogen) atoms. The van der Waals surface area contributed by atoms with Gasteiger partial charge in [0, 0.05) is 19.4 Å². The third-order valence-electron chi connectivity index (χ3n) is 1.68. The van der Waals surface area contributed by atoms with E-state index in [1.54, 1.807) is 0 Å². The number of Topliss-reactive ketones (excluding diaryl/α,β-unsaturated/α-hetero) is 1. The highest BCUT2D eigenvalue weighted by atomic mass is 16.3. The third-order valence-corrected chi connectivity index (χ3v) is 1.68. The molecule has 78 valence electrons. The maximum atomic E-state index is 11.3. The summed E-state index contributed by atoms with van der Waals surface area (Å²) in [4.78, 5) is 13.1. The normalized spacial score (nSPS) is 13.8. The van der Waals surface area contributed by atoms with E-state index < -0.39 is 6.10 Å². The highest BCUT2D eigenvalue weighted by Gasteiger charge is 2.12. The maximum Gasteiger partial charge on any atom is 0.135 e. The van der Waals surface area contributed by atoms with E-state index in [4.69, 9.17) is 0 Å². The fourth-order valence-electron chi connectivity index (χ4n) is 1.29. The number of nitrogens with zero attached hydrogens (tertiary/aromatic N) is 1. The van der Waals surface area contributed by atoms with Gasteiger partial charge in [-0.2, -0.15) is 0 Å². The Balaban J connectivity index is 3.65. The van der Waals surface area contributed by atoms with Crippen LogP contribution in [0.4, 0.5) is 0 Å². The number of ketones is 1. The molecule has 0 spiro atoms. The third kappa shape index (κ3) is 7.94. The van der Waals surface area contributed by atoms with Crippen LogP contribution in [0.2, 0.25) is 0 Å². The van der Waals surface area contributed by atoms with Crippen molar-refractivity contribution in [2.45, 2.75) is 32.8 Å². The average molecular weight is 187 g/mol. The summed E-state index contributed by atoms with van der Waals surface area (Å²) in [5.41, 5.74) is 0. The van der Waals surface area contributed by atoms with Crippen LogP contribution in [0.5, 0.6) is 0 Å². The van der Waals surface area contributed by atoms with Crippen molar-refractivity contribution in [2.24, 2.45) is 5.92 Å². The summed E-state index contributed by atoms with van der Waals surface area (Å²) in [6.45, 7) is 4.58. The minimum atomic E-state index is -0.513.